The molecule has 9 nitrogen and oxygen atoms in total. The number of aryl methyl sites for hydroxylation is 5. The predicted octanol–water partition coefficient (Wildman–Crippen LogP) is 29.2. The van der Waals surface area contributed by atoms with E-state index in [9.17, 15) is 24.9 Å². The van der Waals surface area contributed by atoms with Crippen LogP contribution in [0.2, 0.25) is 0 Å². The Morgan fingerprint density at radius 3 is 0.964 bits per heavy atom. The van der Waals surface area contributed by atoms with Crippen LogP contribution >= 0.6 is 46.7 Å². The van der Waals surface area contributed by atoms with Crippen LogP contribution in [-0.4, -0.2) is 91.1 Å². The minimum Gasteiger partial charge on any atom is -0.508 e. The average Bonchev–Trinajstić information content (AvgIpc) is 1.64. The Bertz CT molecular complexity index is 6280. The van der Waals surface area contributed by atoms with Crippen molar-refractivity contribution in [1.82, 2.24) is 0 Å². The number of carbonyl (C=O) groups is 2. The summed E-state index contributed by atoms with van der Waals surface area (Å²) in [5.41, 5.74) is 30.0. The van der Waals surface area contributed by atoms with Crippen LogP contribution in [0.4, 0.5) is 0 Å². The SMILES string of the molecule is CC/C(=C(/c1ccc(C)cc1)c1ccc(O)cc1)c1ccccc1.Cc1ccc(/C(=C(/CCCl)c2ccccc2)c2ccc(O)cc2)cc1.Cc1ccc(/C(=C(/CCCl)c2ccccc2)c2ccc(O)cc2)cc1.Cc1ccc(C2Sc3ccccc3C2C(=O)c2ccc(OCC[NH+]3CCCCC3)cc2)cc1.Cc1ccc2c(c1)SC(c1ccccc1)C2C(=O)c1ccc(OCC[NH+]2CCCCC2)cc1. The minimum atomic E-state index is -0.178. The molecule has 19 rings (SSSR count). The Hall–Kier alpha value is -12.9. The number of Topliss-reactive ketones (excluding diaryl/α,β-unsaturated/α-hetero) is 2. The maximum atomic E-state index is 13.8. The lowest BCUT2D eigenvalue weighted by molar-refractivity contribution is -0.904. The summed E-state index contributed by atoms with van der Waals surface area (Å²) < 4.78 is 12.0. The van der Waals surface area contributed by atoms with Gasteiger partial charge < -0.3 is 34.6 Å². The molecule has 4 aliphatic rings. The number of rotatable bonds is 28. The molecule has 712 valence electrons. The Kier molecular flexibility index (Phi) is 37.2. The molecule has 0 spiro atoms. The molecule has 0 aromatic heterocycles. The third-order valence-electron chi connectivity index (χ3n) is 26.6. The number of aromatic hydroxyl groups is 3. The normalized spacial score (nSPS) is 15.9. The number of piperidine rings is 2. The van der Waals surface area contributed by atoms with E-state index in [2.05, 4.69) is 248 Å². The van der Waals surface area contributed by atoms with Crippen molar-refractivity contribution in [2.24, 2.45) is 0 Å². The van der Waals surface area contributed by atoms with Gasteiger partial charge in [-0.15, -0.1) is 46.7 Å². The molecule has 0 radical (unpaired) electrons. The van der Waals surface area contributed by atoms with Crippen molar-refractivity contribution in [1.29, 1.82) is 0 Å². The van der Waals surface area contributed by atoms with Gasteiger partial charge in [0.25, 0.3) is 0 Å². The fourth-order valence-electron chi connectivity index (χ4n) is 19.1. The molecule has 5 N–H and O–H groups in total. The number of likely N-dealkylation sites (tertiary alicyclic amines) is 2. The summed E-state index contributed by atoms with van der Waals surface area (Å²) in [6.45, 7) is 21.3. The molecule has 15 aromatic rings. The van der Waals surface area contributed by atoms with E-state index in [0.717, 1.165) is 118 Å². The van der Waals surface area contributed by atoms with Crippen LogP contribution in [0.1, 0.15) is 208 Å². The molecule has 13 heteroatoms. The summed E-state index contributed by atoms with van der Waals surface area (Å²) in [5.74, 6) is 3.64. The lowest BCUT2D eigenvalue weighted by Crippen LogP contribution is -3.13. The monoisotopic (exact) mass is 1930 g/mol. The van der Waals surface area contributed by atoms with E-state index in [0.29, 0.717) is 17.5 Å². The van der Waals surface area contributed by atoms with E-state index < -0.39 is 0 Å². The summed E-state index contributed by atoms with van der Waals surface area (Å²) in [4.78, 5) is 33.2. The molecule has 0 saturated carbocycles. The number of ether oxygens (including phenoxy) is 2. The smallest absolute Gasteiger partial charge is 0.171 e. The zero-order valence-electron chi connectivity index (χ0n) is 81.2. The number of alkyl halides is 2. The van der Waals surface area contributed by atoms with Gasteiger partial charge >= 0.3 is 0 Å². The zero-order chi connectivity index (χ0) is 97.5. The number of thioether (sulfide) groups is 2. The quantitative estimate of drug-likeness (QED) is 0.0185. The van der Waals surface area contributed by atoms with Crippen molar-refractivity contribution in [3.63, 3.8) is 0 Å². The zero-order valence-corrected chi connectivity index (χ0v) is 84.3. The summed E-state index contributed by atoms with van der Waals surface area (Å²) in [6.07, 6.45) is 10.6. The lowest BCUT2D eigenvalue weighted by atomic mass is 9.85. The highest BCUT2D eigenvalue weighted by Crippen LogP contribution is 2.57. The van der Waals surface area contributed by atoms with Crippen molar-refractivity contribution in [2.75, 3.05) is 64.2 Å². The van der Waals surface area contributed by atoms with Crippen molar-refractivity contribution < 1.29 is 44.2 Å². The number of hydrogen-bond acceptors (Lipinski definition) is 9. The van der Waals surface area contributed by atoms with Gasteiger partial charge in [0, 0.05) is 43.2 Å². The van der Waals surface area contributed by atoms with Crippen molar-refractivity contribution in [3.05, 3.63) is 493 Å². The van der Waals surface area contributed by atoms with Gasteiger partial charge in [0.1, 0.15) is 55.1 Å². The molecule has 0 bridgehead atoms. The number of benzene rings is 15. The largest absolute Gasteiger partial charge is 0.508 e. The molecular formula is C127H128Cl2N2O7S2+2. The molecule has 0 aliphatic carbocycles. The van der Waals surface area contributed by atoms with E-state index >= 15 is 0 Å². The van der Waals surface area contributed by atoms with Gasteiger partial charge in [-0.2, -0.15) is 0 Å². The molecule has 4 unspecified atom stereocenters. The van der Waals surface area contributed by atoms with Crippen molar-refractivity contribution >= 4 is 91.7 Å². The van der Waals surface area contributed by atoms with Gasteiger partial charge in [0.2, 0.25) is 0 Å². The van der Waals surface area contributed by atoms with E-state index in [-0.39, 0.29) is 45.4 Å². The van der Waals surface area contributed by atoms with Gasteiger partial charge in [0.15, 0.2) is 11.6 Å². The first-order chi connectivity index (χ1) is 68.4. The van der Waals surface area contributed by atoms with Crippen LogP contribution < -0.4 is 19.3 Å². The van der Waals surface area contributed by atoms with Crippen LogP contribution in [0.25, 0.3) is 33.4 Å². The number of halogens is 2. The molecule has 2 saturated heterocycles. The number of nitrogens with one attached hydrogen (secondary N) is 2. The Balaban J connectivity index is 0.000000133. The Morgan fingerprint density at radius 1 is 0.307 bits per heavy atom. The first-order valence-corrected chi connectivity index (χ1v) is 52.2. The summed E-state index contributed by atoms with van der Waals surface area (Å²) in [7, 11) is 0. The van der Waals surface area contributed by atoms with Gasteiger partial charge in [-0.3, -0.25) is 9.59 Å². The average molecular weight is 1930 g/mol. The second-order valence-electron chi connectivity index (χ2n) is 36.7. The fraction of sp³-hybridized carbons (Fsp3) is 0.228. The number of allylic oxidation sites excluding steroid dienone is 3. The summed E-state index contributed by atoms with van der Waals surface area (Å²) in [6, 6.07) is 129. The summed E-state index contributed by atoms with van der Waals surface area (Å²) >= 11 is 15.9. The number of phenolic OH excluding ortho intramolecular Hbond substituents is 3. The molecular weight excluding hydrogens is 1800 g/mol. The third-order valence-corrected chi connectivity index (χ3v) is 29.8. The number of ketones is 2. The van der Waals surface area contributed by atoms with E-state index in [1.165, 1.54) is 158 Å². The van der Waals surface area contributed by atoms with Crippen molar-refractivity contribution in [2.45, 2.75) is 131 Å². The van der Waals surface area contributed by atoms with Gasteiger partial charge in [0.05, 0.1) is 38.0 Å². The van der Waals surface area contributed by atoms with E-state index in [1.807, 2.05) is 151 Å². The molecule has 140 heavy (non-hydrogen) atoms. The minimum absolute atomic E-state index is 0.0962. The second-order valence-corrected chi connectivity index (χ2v) is 39.8. The number of quaternary nitrogens is 2. The first kappa shape index (κ1) is 101. The predicted molar refractivity (Wildman–Crippen MR) is 585 cm³/mol. The van der Waals surface area contributed by atoms with Crippen LogP contribution in [0.15, 0.2) is 392 Å². The van der Waals surface area contributed by atoms with Crippen LogP contribution in [-0.2, 0) is 0 Å². The van der Waals surface area contributed by atoms with Crippen LogP contribution in [0, 0.1) is 34.6 Å². The fourth-order valence-corrected chi connectivity index (χ4v) is 22.5. The Labute approximate surface area is 847 Å². The number of hydrogen-bond donors (Lipinski definition) is 5. The molecule has 15 aromatic carbocycles. The van der Waals surface area contributed by atoms with Crippen molar-refractivity contribution in [3.8, 4) is 28.7 Å². The topological polar surface area (TPSA) is 122 Å². The molecule has 4 atom stereocenters. The van der Waals surface area contributed by atoms with E-state index in [4.69, 9.17) is 32.7 Å². The standard InChI is InChI=1S/2C29H31NO2S.2C23H21ClO.C23H22O/c1-21-9-11-23(12-10-21)29-27(25-7-3-4-8-26(25)33-29)28(31)22-13-15-24(16-14-22)32-20-19-30-17-5-2-6-18-30;1-21-10-15-25-26(20-21)33-29(23-8-4-2-5-9-23)27(25)28(31)22-11-13-24(14-12-22)32-19-18-30-16-6-3-7-17-30;2*1-17-7-9-19(10-8-17)23(20-11-13-21(25)14-12-20)22(15-16-24)18-5-3-2-4-6-18;1-3-22(18-7-5-4-6-8-18)23(19-11-9-17(2)10-12-19)20-13-15-21(24)16-14-20/h3-4,7-16,27,29H,2,5-6,17-20H2,1H3;2,4-5,8-15,20,27,29H,3,6-7,16-19H2,1H3;2*2-14,25H,15-16H2,1H3;4-16,24H,3H2,1-2H3/p+2/b;;3*23-22+. The van der Waals surface area contributed by atoms with Gasteiger partial charge in [-0.05, 0) is 301 Å². The number of fused-ring (bicyclic) bond motifs is 2. The highest BCUT2D eigenvalue weighted by Gasteiger charge is 2.41. The highest BCUT2D eigenvalue weighted by atomic mass is 35.5. The first-order valence-electron chi connectivity index (χ1n) is 49.4. The van der Waals surface area contributed by atoms with Crippen LogP contribution in [0.5, 0.6) is 28.7 Å². The number of phenols is 3. The Morgan fingerprint density at radius 2 is 0.600 bits per heavy atom. The molecule has 0 amide bonds. The molecule has 4 aliphatic heterocycles. The summed E-state index contributed by atoms with van der Waals surface area (Å²) in [5, 5.41) is 29.2. The molecule has 2 fully saturated rings. The maximum Gasteiger partial charge on any atom is 0.171 e. The second kappa shape index (κ2) is 51.3. The number of carbonyl (C=O) groups excluding carboxylic acids is 2. The lowest BCUT2D eigenvalue weighted by Gasteiger charge is -2.23. The maximum absolute atomic E-state index is 13.8. The van der Waals surface area contributed by atoms with E-state index in [1.54, 1.807) is 58.0 Å². The molecule has 4 heterocycles. The van der Waals surface area contributed by atoms with Gasteiger partial charge in [-0.25, -0.2) is 0 Å². The van der Waals surface area contributed by atoms with Crippen LogP contribution in [0.3, 0.4) is 0 Å². The van der Waals surface area contributed by atoms with Gasteiger partial charge in [-0.1, -0.05) is 314 Å². The highest BCUT2D eigenvalue weighted by molar-refractivity contribution is 8.00. The third kappa shape index (κ3) is 27.4.